The van der Waals surface area contributed by atoms with Gasteiger partial charge in [-0.05, 0) is 24.3 Å². The van der Waals surface area contributed by atoms with Gasteiger partial charge in [-0.25, -0.2) is 0 Å². The Balaban J connectivity index is 1.53. The van der Waals surface area contributed by atoms with Crippen molar-refractivity contribution in [1.29, 1.82) is 0 Å². The van der Waals surface area contributed by atoms with E-state index in [1.54, 1.807) is 12.0 Å². The summed E-state index contributed by atoms with van der Waals surface area (Å²) >= 11 is 0. The molecule has 1 aliphatic rings. The van der Waals surface area contributed by atoms with Gasteiger partial charge in [0.2, 0.25) is 5.91 Å². The molecule has 0 saturated carbocycles. The van der Waals surface area contributed by atoms with Crippen molar-refractivity contribution in [2.75, 3.05) is 50.1 Å². The number of nitro benzene ring substituents is 1. The van der Waals surface area contributed by atoms with Gasteiger partial charge in [0.25, 0.3) is 5.69 Å². The van der Waals surface area contributed by atoms with Crippen molar-refractivity contribution in [2.45, 2.75) is 12.6 Å². The largest absolute Gasteiger partial charge is 0.495 e. The number of benzene rings is 2. The average molecular weight is 452 g/mol. The van der Waals surface area contributed by atoms with Gasteiger partial charge in [0, 0.05) is 45.2 Å². The Morgan fingerprint density at radius 1 is 1.16 bits per heavy atom. The number of amides is 1. The van der Waals surface area contributed by atoms with Crippen LogP contribution in [0.1, 0.15) is 12.0 Å². The van der Waals surface area contributed by atoms with E-state index >= 15 is 0 Å². The fraction of sp³-hybridized carbons (Fsp3) is 0.381. The number of anilines is 2. The van der Waals surface area contributed by atoms with Gasteiger partial charge in [0.15, 0.2) is 0 Å². The van der Waals surface area contributed by atoms with E-state index in [1.165, 1.54) is 0 Å². The van der Waals surface area contributed by atoms with E-state index in [9.17, 15) is 28.1 Å². The lowest BCUT2D eigenvalue weighted by atomic mass is 10.1. The van der Waals surface area contributed by atoms with E-state index in [2.05, 4.69) is 10.2 Å². The Labute approximate surface area is 182 Å². The Kier molecular flexibility index (Phi) is 7.06. The summed E-state index contributed by atoms with van der Waals surface area (Å²) in [6.45, 7) is 2.35. The zero-order valence-corrected chi connectivity index (χ0v) is 17.4. The molecule has 2 aromatic carbocycles. The number of halogens is 3. The highest BCUT2D eigenvalue weighted by molar-refractivity contribution is 5.77. The van der Waals surface area contributed by atoms with Crippen molar-refractivity contribution >= 4 is 23.0 Å². The zero-order chi connectivity index (χ0) is 23.3. The summed E-state index contributed by atoms with van der Waals surface area (Å²) in [6, 6.07) is 9.90. The Bertz CT molecular complexity index is 976. The van der Waals surface area contributed by atoms with Gasteiger partial charge in [0.1, 0.15) is 11.4 Å². The van der Waals surface area contributed by atoms with Crippen molar-refractivity contribution in [3.63, 3.8) is 0 Å². The fourth-order valence-electron chi connectivity index (χ4n) is 3.56. The minimum absolute atomic E-state index is 0.0585. The summed E-state index contributed by atoms with van der Waals surface area (Å²) in [6.07, 6.45) is -4.61. The molecule has 0 unspecified atom stereocenters. The van der Waals surface area contributed by atoms with Crippen LogP contribution in [0.4, 0.5) is 30.2 Å². The smallest absolute Gasteiger partial charge is 0.416 e. The number of piperazine rings is 1. The van der Waals surface area contributed by atoms with E-state index in [0.29, 0.717) is 32.2 Å². The molecule has 32 heavy (non-hydrogen) atoms. The minimum Gasteiger partial charge on any atom is -0.495 e. The van der Waals surface area contributed by atoms with Crippen LogP contribution in [0.3, 0.4) is 0 Å². The van der Waals surface area contributed by atoms with Crippen molar-refractivity contribution in [2.24, 2.45) is 0 Å². The Hall–Kier alpha value is -3.50. The van der Waals surface area contributed by atoms with E-state index < -0.39 is 22.4 Å². The van der Waals surface area contributed by atoms with Crippen LogP contribution in [0, 0.1) is 10.1 Å². The summed E-state index contributed by atoms with van der Waals surface area (Å²) in [7, 11) is 1.60. The third kappa shape index (κ3) is 5.40. The van der Waals surface area contributed by atoms with Crippen molar-refractivity contribution in [1.82, 2.24) is 4.90 Å². The summed E-state index contributed by atoms with van der Waals surface area (Å²) in [4.78, 5) is 26.6. The molecule has 0 radical (unpaired) electrons. The molecule has 0 atom stereocenters. The van der Waals surface area contributed by atoms with Gasteiger partial charge >= 0.3 is 6.18 Å². The lowest BCUT2D eigenvalue weighted by Gasteiger charge is -2.36. The van der Waals surface area contributed by atoms with Gasteiger partial charge in [-0.3, -0.25) is 14.9 Å². The highest BCUT2D eigenvalue weighted by atomic mass is 19.4. The lowest BCUT2D eigenvalue weighted by Crippen LogP contribution is -2.49. The molecule has 1 amide bonds. The Morgan fingerprint density at radius 2 is 1.84 bits per heavy atom. The van der Waals surface area contributed by atoms with E-state index in [4.69, 9.17) is 4.74 Å². The quantitative estimate of drug-likeness (QED) is 0.508. The maximum atomic E-state index is 12.8. The SMILES string of the molecule is COc1ccccc1N1CCN(C(=O)CCNc2ccc(C(F)(F)F)cc2[N+](=O)[O-])CC1. The van der Waals surface area contributed by atoms with Crippen LogP contribution >= 0.6 is 0 Å². The second-order valence-electron chi connectivity index (χ2n) is 7.20. The number of rotatable bonds is 7. The molecule has 1 N–H and O–H groups in total. The van der Waals surface area contributed by atoms with Crippen LogP contribution in [0.2, 0.25) is 0 Å². The van der Waals surface area contributed by atoms with E-state index in [0.717, 1.165) is 23.6 Å². The molecule has 0 aromatic heterocycles. The van der Waals surface area contributed by atoms with Crippen LogP contribution in [-0.2, 0) is 11.0 Å². The molecule has 1 saturated heterocycles. The number of ether oxygens (including phenoxy) is 1. The number of nitrogens with zero attached hydrogens (tertiary/aromatic N) is 3. The number of hydrogen-bond donors (Lipinski definition) is 1. The predicted octanol–water partition coefficient (Wildman–Crippen LogP) is 3.77. The number of carbonyl (C=O) groups is 1. The van der Waals surface area contributed by atoms with Gasteiger partial charge in [-0.1, -0.05) is 12.1 Å². The molecule has 0 bridgehead atoms. The first-order chi connectivity index (χ1) is 15.2. The first kappa shape index (κ1) is 23.2. The summed E-state index contributed by atoms with van der Waals surface area (Å²) in [5, 5.41) is 13.9. The van der Waals surface area contributed by atoms with Crippen LogP contribution in [-0.4, -0.2) is 55.6 Å². The van der Waals surface area contributed by atoms with Gasteiger partial charge in [-0.2, -0.15) is 13.2 Å². The molecule has 172 valence electrons. The molecule has 0 spiro atoms. The van der Waals surface area contributed by atoms with Crippen molar-refractivity contribution < 1.29 is 27.6 Å². The molecule has 0 aliphatic carbocycles. The van der Waals surface area contributed by atoms with Gasteiger partial charge in [-0.15, -0.1) is 0 Å². The monoisotopic (exact) mass is 452 g/mol. The van der Waals surface area contributed by atoms with Gasteiger partial charge in [0.05, 0.1) is 23.3 Å². The maximum Gasteiger partial charge on any atom is 0.416 e. The molecule has 1 heterocycles. The molecule has 1 aliphatic heterocycles. The third-order valence-corrected chi connectivity index (χ3v) is 5.23. The van der Waals surface area contributed by atoms with E-state index in [1.807, 2.05) is 24.3 Å². The molecule has 3 rings (SSSR count). The van der Waals surface area contributed by atoms with Crippen LogP contribution < -0.4 is 15.0 Å². The van der Waals surface area contributed by atoms with E-state index in [-0.39, 0.29) is 24.6 Å². The van der Waals surface area contributed by atoms with Crippen LogP contribution in [0.15, 0.2) is 42.5 Å². The average Bonchev–Trinajstić information content (AvgIpc) is 2.78. The second kappa shape index (κ2) is 9.75. The molecule has 2 aromatic rings. The molecular weight excluding hydrogens is 429 g/mol. The summed E-state index contributed by atoms with van der Waals surface area (Å²) < 4.78 is 43.8. The third-order valence-electron chi connectivity index (χ3n) is 5.23. The first-order valence-corrected chi connectivity index (χ1v) is 9.96. The normalized spacial score (nSPS) is 14.2. The molecule has 11 heteroatoms. The van der Waals surface area contributed by atoms with Crippen molar-refractivity contribution in [3.8, 4) is 5.75 Å². The second-order valence-corrected chi connectivity index (χ2v) is 7.20. The fourth-order valence-corrected chi connectivity index (χ4v) is 3.56. The van der Waals surface area contributed by atoms with Crippen molar-refractivity contribution in [3.05, 3.63) is 58.1 Å². The topological polar surface area (TPSA) is 88.0 Å². The number of nitro groups is 1. The number of hydrogen-bond acceptors (Lipinski definition) is 6. The number of carbonyl (C=O) groups excluding carboxylic acids is 1. The summed E-state index contributed by atoms with van der Waals surface area (Å²) in [5.41, 5.74) is -0.883. The predicted molar refractivity (Wildman–Crippen MR) is 113 cm³/mol. The first-order valence-electron chi connectivity index (χ1n) is 9.96. The molecule has 1 fully saturated rings. The maximum absolute atomic E-state index is 12.8. The van der Waals surface area contributed by atoms with Crippen LogP contribution in [0.5, 0.6) is 5.75 Å². The highest BCUT2D eigenvalue weighted by Gasteiger charge is 2.33. The Morgan fingerprint density at radius 3 is 2.47 bits per heavy atom. The van der Waals surface area contributed by atoms with Gasteiger partial charge < -0.3 is 19.9 Å². The lowest BCUT2D eigenvalue weighted by molar-refractivity contribution is -0.384. The standard InChI is InChI=1S/C21H23F3N4O4/c1-32-19-5-3-2-4-17(19)26-10-12-27(13-11-26)20(29)8-9-25-16-7-6-15(21(22,23)24)14-18(16)28(30)31/h2-7,14,25H,8-13H2,1H3. The number of nitrogens with one attached hydrogen (secondary N) is 1. The number of para-hydroxylation sites is 2. The van der Waals surface area contributed by atoms with Crippen LogP contribution in [0.25, 0.3) is 0 Å². The summed E-state index contributed by atoms with van der Waals surface area (Å²) in [5.74, 6) is 0.626. The number of methoxy groups -OCH3 is 1. The highest BCUT2D eigenvalue weighted by Crippen LogP contribution is 2.35. The molecular formula is C21H23F3N4O4. The zero-order valence-electron chi connectivity index (χ0n) is 17.4. The number of alkyl halides is 3. The minimum atomic E-state index is -4.68. The molecule has 8 nitrogen and oxygen atoms in total.